The number of carboxylic acids is 1. The molecule has 96 valence electrons. The summed E-state index contributed by atoms with van der Waals surface area (Å²) in [6, 6.07) is 7.50. The molecule has 1 aliphatic heterocycles. The zero-order valence-electron chi connectivity index (χ0n) is 9.80. The van der Waals surface area contributed by atoms with Crippen molar-refractivity contribution in [2.45, 2.75) is 25.3 Å². The number of carboxylic acid groups (broad SMARTS) is 1. The van der Waals surface area contributed by atoms with Crippen molar-refractivity contribution in [2.75, 3.05) is 6.61 Å². The Morgan fingerprint density at radius 3 is 3.11 bits per heavy atom. The summed E-state index contributed by atoms with van der Waals surface area (Å²) in [5, 5.41) is 9.29. The zero-order chi connectivity index (χ0) is 13.0. The van der Waals surface area contributed by atoms with E-state index in [0.29, 0.717) is 30.4 Å². The Morgan fingerprint density at radius 2 is 2.39 bits per heavy atom. The van der Waals surface area contributed by atoms with Crippen LogP contribution in [0.15, 0.2) is 29.3 Å². The second kappa shape index (κ2) is 5.87. The quantitative estimate of drug-likeness (QED) is 0.892. The van der Waals surface area contributed by atoms with Gasteiger partial charge in [0.2, 0.25) is 0 Å². The molecule has 0 aliphatic carbocycles. The third-order valence-corrected chi connectivity index (χ3v) is 2.94. The summed E-state index contributed by atoms with van der Waals surface area (Å²) in [7, 11) is 0. The summed E-state index contributed by atoms with van der Waals surface area (Å²) < 4.78 is 5.46. The standard InChI is InChI=1S/C13H14ClNO3/c14-10-3-1-2-9(6-10)7-12-15-11(8-18-12)4-5-13(16)17/h1-3,6,11H,4-5,7-8H2,(H,16,17). The molecule has 4 nitrogen and oxygen atoms in total. The van der Waals surface area contributed by atoms with Crippen molar-refractivity contribution in [3.8, 4) is 0 Å². The summed E-state index contributed by atoms with van der Waals surface area (Å²) in [6.07, 6.45) is 1.25. The number of aliphatic carboxylic acids is 1. The first-order chi connectivity index (χ1) is 8.63. The molecule has 18 heavy (non-hydrogen) atoms. The fourth-order valence-corrected chi connectivity index (χ4v) is 2.04. The molecule has 2 rings (SSSR count). The molecule has 0 bridgehead atoms. The molecule has 0 saturated carbocycles. The summed E-state index contributed by atoms with van der Waals surface area (Å²) in [5.41, 5.74) is 1.04. The van der Waals surface area contributed by atoms with E-state index in [1.807, 2.05) is 24.3 Å². The van der Waals surface area contributed by atoms with Gasteiger partial charge in [-0.05, 0) is 24.1 Å². The first kappa shape index (κ1) is 12.9. The maximum atomic E-state index is 10.5. The Balaban J connectivity index is 1.91. The fourth-order valence-electron chi connectivity index (χ4n) is 1.83. The predicted octanol–water partition coefficient (Wildman–Crippen LogP) is 2.54. The summed E-state index contributed by atoms with van der Waals surface area (Å²) in [5.74, 6) is -0.138. The average molecular weight is 268 g/mol. The Kier molecular flexibility index (Phi) is 4.20. The van der Waals surface area contributed by atoms with Crippen LogP contribution in [0.2, 0.25) is 5.02 Å². The van der Waals surface area contributed by atoms with E-state index in [4.69, 9.17) is 21.4 Å². The van der Waals surface area contributed by atoms with Gasteiger partial charge < -0.3 is 9.84 Å². The van der Waals surface area contributed by atoms with Gasteiger partial charge in [0, 0.05) is 17.9 Å². The van der Waals surface area contributed by atoms with E-state index in [9.17, 15) is 4.79 Å². The number of benzene rings is 1. The predicted molar refractivity (Wildman–Crippen MR) is 69.2 cm³/mol. The second-order valence-electron chi connectivity index (χ2n) is 4.23. The van der Waals surface area contributed by atoms with E-state index >= 15 is 0 Å². The fraction of sp³-hybridized carbons (Fsp3) is 0.385. The lowest BCUT2D eigenvalue weighted by Gasteiger charge is -2.02. The molecular formula is C13H14ClNO3. The minimum atomic E-state index is -0.798. The van der Waals surface area contributed by atoms with Gasteiger partial charge in [-0.2, -0.15) is 0 Å². The molecule has 1 heterocycles. The largest absolute Gasteiger partial charge is 0.481 e. The van der Waals surface area contributed by atoms with Crippen LogP contribution in [0.5, 0.6) is 0 Å². The van der Waals surface area contributed by atoms with E-state index in [1.165, 1.54) is 0 Å². The Bertz CT molecular complexity index is 473. The zero-order valence-corrected chi connectivity index (χ0v) is 10.6. The second-order valence-corrected chi connectivity index (χ2v) is 4.66. The number of hydrogen-bond acceptors (Lipinski definition) is 3. The minimum absolute atomic E-state index is 0.0321. The molecule has 1 aromatic carbocycles. The number of hydrogen-bond donors (Lipinski definition) is 1. The lowest BCUT2D eigenvalue weighted by atomic mass is 10.1. The normalized spacial score (nSPS) is 18.3. The van der Waals surface area contributed by atoms with Crippen molar-refractivity contribution < 1.29 is 14.6 Å². The Hall–Kier alpha value is -1.55. The van der Waals surface area contributed by atoms with Gasteiger partial charge in [0.1, 0.15) is 6.61 Å². The van der Waals surface area contributed by atoms with Crippen molar-refractivity contribution in [1.82, 2.24) is 0 Å². The van der Waals surface area contributed by atoms with Crippen LogP contribution >= 0.6 is 11.6 Å². The maximum absolute atomic E-state index is 10.5. The molecule has 0 aromatic heterocycles. The van der Waals surface area contributed by atoms with Crippen LogP contribution in [0.25, 0.3) is 0 Å². The molecule has 0 saturated heterocycles. The lowest BCUT2D eigenvalue weighted by molar-refractivity contribution is -0.137. The van der Waals surface area contributed by atoms with E-state index in [2.05, 4.69) is 4.99 Å². The summed E-state index contributed by atoms with van der Waals surface area (Å²) >= 11 is 5.90. The van der Waals surface area contributed by atoms with Gasteiger partial charge in [0.15, 0.2) is 5.90 Å². The SMILES string of the molecule is O=C(O)CCC1COC(Cc2cccc(Cl)c2)=N1. The van der Waals surface area contributed by atoms with E-state index in [-0.39, 0.29) is 12.5 Å². The van der Waals surface area contributed by atoms with E-state index in [0.717, 1.165) is 5.56 Å². The average Bonchev–Trinajstić information content (AvgIpc) is 2.74. The molecule has 0 fully saturated rings. The van der Waals surface area contributed by atoms with Crippen LogP contribution in [0.4, 0.5) is 0 Å². The molecule has 5 heteroatoms. The first-order valence-electron chi connectivity index (χ1n) is 5.79. The molecule has 1 aromatic rings. The van der Waals surface area contributed by atoms with Crippen LogP contribution in [0.3, 0.4) is 0 Å². The third-order valence-electron chi connectivity index (χ3n) is 2.70. The van der Waals surface area contributed by atoms with Gasteiger partial charge in [-0.3, -0.25) is 4.79 Å². The maximum Gasteiger partial charge on any atom is 0.303 e. The minimum Gasteiger partial charge on any atom is -0.481 e. The van der Waals surface area contributed by atoms with Gasteiger partial charge in [0.25, 0.3) is 0 Å². The first-order valence-corrected chi connectivity index (χ1v) is 6.17. The van der Waals surface area contributed by atoms with Crippen molar-refractivity contribution in [3.05, 3.63) is 34.9 Å². The van der Waals surface area contributed by atoms with Crippen molar-refractivity contribution in [1.29, 1.82) is 0 Å². The number of carbonyl (C=O) groups is 1. The molecule has 1 aliphatic rings. The van der Waals surface area contributed by atoms with E-state index < -0.39 is 5.97 Å². The van der Waals surface area contributed by atoms with Gasteiger partial charge in [-0.25, -0.2) is 4.99 Å². The number of ether oxygens (including phenoxy) is 1. The third kappa shape index (κ3) is 3.74. The molecule has 1 atom stereocenters. The number of nitrogens with zero attached hydrogens (tertiary/aromatic N) is 1. The smallest absolute Gasteiger partial charge is 0.303 e. The van der Waals surface area contributed by atoms with Crippen molar-refractivity contribution in [3.63, 3.8) is 0 Å². The van der Waals surface area contributed by atoms with Crippen LogP contribution in [-0.4, -0.2) is 29.6 Å². The van der Waals surface area contributed by atoms with Crippen LogP contribution in [-0.2, 0) is 16.0 Å². The topological polar surface area (TPSA) is 58.9 Å². The number of rotatable bonds is 5. The van der Waals surface area contributed by atoms with Crippen molar-refractivity contribution >= 4 is 23.5 Å². The molecule has 0 radical (unpaired) electrons. The molecule has 1 N–H and O–H groups in total. The highest BCUT2D eigenvalue weighted by Gasteiger charge is 2.19. The Labute approximate surface area is 110 Å². The van der Waals surface area contributed by atoms with Crippen LogP contribution < -0.4 is 0 Å². The molecule has 0 amide bonds. The van der Waals surface area contributed by atoms with E-state index in [1.54, 1.807) is 0 Å². The lowest BCUT2D eigenvalue weighted by Crippen LogP contribution is -2.09. The van der Waals surface area contributed by atoms with Crippen molar-refractivity contribution in [2.24, 2.45) is 4.99 Å². The highest BCUT2D eigenvalue weighted by molar-refractivity contribution is 6.30. The highest BCUT2D eigenvalue weighted by atomic mass is 35.5. The molecular weight excluding hydrogens is 254 g/mol. The molecule has 0 spiro atoms. The summed E-state index contributed by atoms with van der Waals surface area (Å²) in [6.45, 7) is 0.475. The van der Waals surface area contributed by atoms with Crippen LogP contribution in [0, 0.1) is 0 Å². The monoisotopic (exact) mass is 267 g/mol. The molecule has 1 unspecified atom stereocenters. The van der Waals surface area contributed by atoms with Crippen LogP contribution in [0.1, 0.15) is 18.4 Å². The van der Waals surface area contributed by atoms with Gasteiger partial charge in [-0.1, -0.05) is 23.7 Å². The van der Waals surface area contributed by atoms with Gasteiger partial charge in [0.05, 0.1) is 6.04 Å². The van der Waals surface area contributed by atoms with Gasteiger partial charge in [-0.15, -0.1) is 0 Å². The van der Waals surface area contributed by atoms with Gasteiger partial charge >= 0.3 is 5.97 Å². The Morgan fingerprint density at radius 1 is 1.56 bits per heavy atom. The number of aliphatic imine (C=N–C) groups is 1. The summed E-state index contributed by atoms with van der Waals surface area (Å²) in [4.78, 5) is 14.8. The highest BCUT2D eigenvalue weighted by Crippen LogP contribution is 2.16. The number of halogens is 1.